The third kappa shape index (κ3) is 2.83. The van der Waals surface area contributed by atoms with Crippen molar-refractivity contribution in [1.82, 2.24) is 5.32 Å². The number of halogens is 1. The first-order valence-electron chi connectivity index (χ1n) is 7.87. The first-order valence-corrected chi connectivity index (χ1v) is 7.87. The Hall–Kier alpha value is -1.09. The normalized spacial score (nSPS) is 23.6. The second-order valence-corrected chi connectivity index (χ2v) is 6.39. The van der Waals surface area contributed by atoms with Gasteiger partial charge < -0.3 is 10.1 Å². The van der Waals surface area contributed by atoms with Crippen molar-refractivity contribution in [3.8, 4) is 5.75 Å². The molecule has 2 aliphatic rings. The monoisotopic (exact) mass is 277 g/mol. The Labute approximate surface area is 120 Å². The van der Waals surface area contributed by atoms with Crippen LogP contribution in [-0.2, 0) is 6.42 Å². The zero-order valence-corrected chi connectivity index (χ0v) is 12.3. The highest BCUT2D eigenvalue weighted by Crippen LogP contribution is 2.44. The third-order valence-electron chi connectivity index (χ3n) is 4.84. The van der Waals surface area contributed by atoms with Gasteiger partial charge in [0.1, 0.15) is 17.7 Å². The van der Waals surface area contributed by atoms with Crippen molar-refractivity contribution in [3.63, 3.8) is 0 Å². The molecule has 1 aliphatic carbocycles. The molecule has 1 aliphatic heterocycles. The van der Waals surface area contributed by atoms with Crippen molar-refractivity contribution >= 4 is 0 Å². The van der Waals surface area contributed by atoms with Crippen molar-refractivity contribution in [3.05, 3.63) is 29.6 Å². The molecule has 1 N–H and O–H groups in total. The highest BCUT2D eigenvalue weighted by Gasteiger charge is 2.38. The van der Waals surface area contributed by atoms with Crippen LogP contribution in [0.25, 0.3) is 0 Å². The van der Waals surface area contributed by atoms with E-state index in [0.29, 0.717) is 5.41 Å². The minimum Gasteiger partial charge on any atom is -0.490 e. The molecule has 1 fully saturated rings. The van der Waals surface area contributed by atoms with Gasteiger partial charge >= 0.3 is 0 Å². The summed E-state index contributed by atoms with van der Waals surface area (Å²) in [6.07, 6.45) is 7.44. The molecule has 110 valence electrons. The fourth-order valence-corrected chi connectivity index (χ4v) is 3.85. The molecule has 0 bridgehead atoms. The van der Waals surface area contributed by atoms with Gasteiger partial charge in [-0.2, -0.15) is 0 Å². The van der Waals surface area contributed by atoms with Gasteiger partial charge in [0.15, 0.2) is 0 Å². The first kappa shape index (κ1) is 13.9. The summed E-state index contributed by atoms with van der Waals surface area (Å²) in [5.41, 5.74) is 1.42. The maximum atomic E-state index is 13.3. The summed E-state index contributed by atoms with van der Waals surface area (Å²) >= 11 is 0. The number of hydrogen-bond donors (Lipinski definition) is 1. The lowest BCUT2D eigenvalue weighted by Gasteiger charge is -2.31. The molecule has 1 aromatic carbocycles. The summed E-state index contributed by atoms with van der Waals surface area (Å²) in [7, 11) is 0. The van der Waals surface area contributed by atoms with Gasteiger partial charge in [-0.25, -0.2) is 4.39 Å². The molecule has 1 heterocycles. The van der Waals surface area contributed by atoms with Crippen molar-refractivity contribution in [2.45, 2.75) is 51.6 Å². The van der Waals surface area contributed by atoms with Crippen molar-refractivity contribution in [2.24, 2.45) is 5.41 Å². The minimum atomic E-state index is -0.156. The third-order valence-corrected chi connectivity index (χ3v) is 4.84. The van der Waals surface area contributed by atoms with Crippen LogP contribution in [-0.4, -0.2) is 19.2 Å². The maximum Gasteiger partial charge on any atom is 0.123 e. The molecule has 0 radical (unpaired) electrons. The molecule has 1 saturated carbocycles. The quantitative estimate of drug-likeness (QED) is 0.886. The Bertz CT molecular complexity index is 468. The zero-order valence-electron chi connectivity index (χ0n) is 12.3. The van der Waals surface area contributed by atoms with E-state index in [1.165, 1.54) is 31.7 Å². The van der Waals surface area contributed by atoms with Crippen LogP contribution in [0.3, 0.4) is 0 Å². The molecule has 0 saturated heterocycles. The van der Waals surface area contributed by atoms with Gasteiger partial charge in [-0.1, -0.05) is 19.8 Å². The van der Waals surface area contributed by atoms with Crippen LogP contribution in [0.4, 0.5) is 4.39 Å². The first-order chi connectivity index (χ1) is 9.71. The summed E-state index contributed by atoms with van der Waals surface area (Å²) in [4.78, 5) is 0. The van der Waals surface area contributed by atoms with Crippen molar-refractivity contribution < 1.29 is 9.13 Å². The fourth-order valence-electron chi connectivity index (χ4n) is 3.85. The van der Waals surface area contributed by atoms with E-state index < -0.39 is 0 Å². The van der Waals surface area contributed by atoms with Crippen LogP contribution < -0.4 is 10.1 Å². The number of nitrogens with one attached hydrogen (secondary N) is 1. The summed E-state index contributed by atoms with van der Waals surface area (Å²) < 4.78 is 19.3. The lowest BCUT2D eigenvalue weighted by Crippen LogP contribution is -2.36. The van der Waals surface area contributed by atoms with Gasteiger partial charge in [-0.3, -0.25) is 0 Å². The van der Waals surface area contributed by atoms with E-state index in [2.05, 4.69) is 12.2 Å². The molecule has 2 nitrogen and oxygen atoms in total. The highest BCUT2D eigenvalue weighted by molar-refractivity contribution is 5.37. The Balaban J connectivity index is 1.66. The van der Waals surface area contributed by atoms with Crippen LogP contribution >= 0.6 is 0 Å². The maximum absolute atomic E-state index is 13.3. The van der Waals surface area contributed by atoms with Crippen LogP contribution in [0.15, 0.2) is 18.2 Å². The molecule has 0 spiro atoms. The van der Waals surface area contributed by atoms with Gasteiger partial charge in [-0.05, 0) is 49.4 Å². The van der Waals surface area contributed by atoms with Gasteiger partial charge in [0, 0.05) is 18.5 Å². The molecule has 1 unspecified atom stereocenters. The Morgan fingerprint density at radius 3 is 2.90 bits per heavy atom. The summed E-state index contributed by atoms with van der Waals surface area (Å²) in [6, 6.07) is 4.89. The number of hydrogen-bond acceptors (Lipinski definition) is 2. The second-order valence-electron chi connectivity index (χ2n) is 6.39. The Kier molecular flexibility index (Phi) is 3.97. The van der Waals surface area contributed by atoms with E-state index in [-0.39, 0.29) is 11.9 Å². The van der Waals surface area contributed by atoms with Gasteiger partial charge in [0.2, 0.25) is 0 Å². The Morgan fingerprint density at radius 1 is 1.35 bits per heavy atom. The average molecular weight is 277 g/mol. The predicted octanol–water partition coefficient (Wildman–Crippen LogP) is 3.69. The molecular weight excluding hydrogens is 253 g/mol. The summed E-state index contributed by atoms with van der Waals surface area (Å²) in [5, 5.41) is 3.52. The molecule has 3 rings (SSSR count). The number of benzene rings is 1. The van der Waals surface area contributed by atoms with Gasteiger partial charge in [-0.15, -0.1) is 0 Å². The molecular formula is C17H24FNO. The van der Waals surface area contributed by atoms with Crippen LogP contribution in [0.1, 0.15) is 44.6 Å². The van der Waals surface area contributed by atoms with E-state index in [1.54, 1.807) is 12.1 Å². The summed E-state index contributed by atoms with van der Waals surface area (Å²) in [5.74, 6) is 0.726. The largest absolute Gasteiger partial charge is 0.490 e. The van der Waals surface area contributed by atoms with Gasteiger partial charge in [0.05, 0.1) is 0 Å². The highest BCUT2D eigenvalue weighted by atomic mass is 19.1. The van der Waals surface area contributed by atoms with Crippen LogP contribution in [0.5, 0.6) is 5.75 Å². The van der Waals surface area contributed by atoms with Crippen LogP contribution in [0, 0.1) is 11.2 Å². The SMILES string of the molecule is CCNCC1(CC2Cc3cc(F)ccc3O2)CCCC1. The Morgan fingerprint density at radius 2 is 2.15 bits per heavy atom. The fraction of sp³-hybridized carbons (Fsp3) is 0.647. The molecule has 1 atom stereocenters. The van der Waals surface area contributed by atoms with E-state index in [1.807, 2.05) is 0 Å². The zero-order chi connectivity index (χ0) is 14.0. The standard InChI is InChI=1S/C17H24FNO/c1-2-19-12-17(7-3-4-8-17)11-15-10-13-9-14(18)5-6-16(13)20-15/h5-6,9,15,19H,2-4,7-8,10-12H2,1H3. The minimum absolute atomic E-state index is 0.156. The lowest BCUT2D eigenvalue weighted by molar-refractivity contribution is 0.135. The average Bonchev–Trinajstić information content (AvgIpc) is 3.03. The topological polar surface area (TPSA) is 21.3 Å². The smallest absolute Gasteiger partial charge is 0.123 e. The molecule has 0 amide bonds. The van der Waals surface area contributed by atoms with Gasteiger partial charge in [0.25, 0.3) is 0 Å². The summed E-state index contributed by atoms with van der Waals surface area (Å²) in [6.45, 7) is 4.28. The molecule has 20 heavy (non-hydrogen) atoms. The lowest BCUT2D eigenvalue weighted by atomic mass is 9.79. The molecule has 3 heteroatoms. The predicted molar refractivity (Wildman–Crippen MR) is 78.6 cm³/mol. The van der Waals surface area contributed by atoms with E-state index in [4.69, 9.17) is 4.74 Å². The van der Waals surface area contributed by atoms with Crippen molar-refractivity contribution in [1.29, 1.82) is 0 Å². The number of fused-ring (bicyclic) bond motifs is 1. The van der Waals surface area contributed by atoms with E-state index >= 15 is 0 Å². The van der Waals surface area contributed by atoms with Crippen LogP contribution in [0.2, 0.25) is 0 Å². The number of rotatable bonds is 5. The van der Waals surface area contributed by atoms with Crippen molar-refractivity contribution in [2.75, 3.05) is 13.1 Å². The van der Waals surface area contributed by atoms with E-state index in [9.17, 15) is 4.39 Å². The number of ether oxygens (including phenoxy) is 1. The molecule has 1 aromatic rings. The second kappa shape index (κ2) is 5.72. The molecule has 0 aromatic heterocycles. The van der Waals surface area contributed by atoms with E-state index in [0.717, 1.165) is 37.2 Å².